The van der Waals surface area contributed by atoms with Gasteiger partial charge in [0.1, 0.15) is 0 Å². The molecule has 29 heavy (non-hydrogen) atoms. The minimum absolute atomic E-state index is 0.0421. The number of fused-ring (bicyclic) bond motifs is 2. The van der Waals surface area contributed by atoms with Gasteiger partial charge in [0.2, 0.25) is 5.60 Å². The van der Waals surface area contributed by atoms with Gasteiger partial charge in [-0.1, -0.05) is 6.07 Å². The summed E-state index contributed by atoms with van der Waals surface area (Å²) in [6, 6.07) is 2.38. The number of hydrogen-bond donors (Lipinski definition) is 3. The Balaban J connectivity index is 1.48. The van der Waals surface area contributed by atoms with E-state index in [4.69, 9.17) is 21.7 Å². The molecule has 0 bridgehead atoms. The maximum atomic E-state index is 12.5. The minimum Gasteiger partial charge on any atom is -0.464 e. The average Bonchev–Trinajstić information content (AvgIpc) is 3.46. The molecule has 0 radical (unpaired) electrons. The Bertz CT molecular complexity index is 774. The van der Waals surface area contributed by atoms with E-state index in [0.717, 1.165) is 37.8 Å². The monoisotopic (exact) mass is 418 g/mol. The molecule has 158 valence electrons. The number of rotatable bonds is 6. The zero-order chi connectivity index (χ0) is 20.4. The van der Waals surface area contributed by atoms with Crippen molar-refractivity contribution in [3.05, 3.63) is 28.3 Å². The van der Waals surface area contributed by atoms with Crippen molar-refractivity contribution in [1.29, 1.82) is 0 Å². The zero-order valence-corrected chi connectivity index (χ0v) is 17.8. The smallest absolute Gasteiger partial charge is 0.342 e. The number of nitrogens with one attached hydrogen (secondary N) is 2. The Morgan fingerprint density at radius 2 is 1.93 bits per heavy atom. The van der Waals surface area contributed by atoms with E-state index in [0.29, 0.717) is 18.1 Å². The highest BCUT2D eigenvalue weighted by Crippen LogP contribution is 2.38. The summed E-state index contributed by atoms with van der Waals surface area (Å²) in [5.74, 6) is -0.663. The maximum absolute atomic E-state index is 12.5. The van der Waals surface area contributed by atoms with Crippen LogP contribution in [0.2, 0.25) is 0 Å². The first-order valence-electron chi connectivity index (χ1n) is 10.8. The third-order valence-electron chi connectivity index (χ3n) is 6.32. The predicted molar refractivity (Wildman–Crippen MR) is 115 cm³/mol. The molecular weight excluding hydrogens is 388 g/mol. The molecule has 1 fully saturated rings. The van der Waals surface area contributed by atoms with Crippen molar-refractivity contribution in [3.8, 4) is 0 Å². The molecule has 2 unspecified atom stereocenters. The molecule has 0 amide bonds. The molecule has 1 heterocycles. The summed E-state index contributed by atoms with van der Waals surface area (Å²) in [5.41, 5.74) is 4.99. The van der Waals surface area contributed by atoms with Crippen molar-refractivity contribution in [2.24, 2.45) is 0 Å². The van der Waals surface area contributed by atoms with Gasteiger partial charge in [-0.05, 0) is 92.8 Å². The molecule has 7 heteroatoms. The molecule has 2 aliphatic carbocycles. The molecule has 3 N–H and O–H groups in total. The standard InChI is InChI=1S/C22H30N2O4S/c1-2-27-20(25)22(26,18-10-5-11-28-18)13-23-21(29)24-19-16-8-3-6-14(16)12-15-7-4-9-17(15)19/h12,18,26H,2-11,13H2,1H3,(H2,23,24,29). The van der Waals surface area contributed by atoms with Gasteiger partial charge in [-0.3, -0.25) is 0 Å². The summed E-state index contributed by atoms with van der Waals surface area (Å²) >= 11 is 5.55. The molecule has 6 nitrogen and oxygen atoms in total. The first kappa shape index (κ1) is 20.6. The Hall–Kier alpha value is -1.70. The van der Waals surface area contributed by atoms with Gasteiger partial charge in [0.15, 0.2) is 5.11 Å². The number of carbonyl (C=O) groups is 1. The fraction of sp³-hybridized carbons (Fsp3) is 0.636. The van der Waals surface area contributed by atoms with Crippen molar-refractivity contribution < 1.29 is 19.4 Å². The highest BCUT2D eigenvalue weighted by atomic mass is 32.1. The van der Waals surface area contributed by atoms with Crippen LogP contribution in [0.25, 0.3) is 0 Å². The van der Waals surface area contributed by atoms with Crippen LogP contribution in [0.3, 0.4) is 0 Å². The van der Waals surface area contributed by atoms with Gasteiger partial charge < -0.3 is 25.2 Å². The zero-order valence-electron chi connectivity index (χ0n) is 17.0. The van der Waals surface area contributed by atoms with Crippen LogP contribution >= 0.6 is 12.2 Å². The topological polar surface area (TPSA) is 79.8 Å². The number of esters is 1. The summed E-state index contributed by atoms with van der Waals surface area (Å²) in [6.07, 6.45) is 7.59. The van der Waals surface area contributed by atoms with Gasteiger partial charge in [-0.15, -0.1) is 0 Å². The lowest BCUT2D eigenvalue weighted by atomic mass is 9.94. The largest absolute Gasteiger partial charge is 0.464 e. The van der Waals surface area contributed by atoms with Gasteiger partial charge >= 0.3 is 5.97 Å². The molecule has 0 aromatic heterocycles. The third kappa shape index (κ3) is 4.00. The quantitative estimate of drug-likeness (QED) is 0.484. The van der Waals surface area contributed by atoms with Crippen molar-refractivity contribution in [1.82, 2.24) is 5.32 Å². The molecule has 1 aliphatic heterocycles. The van der Waals surface area contributed by atoms with Crippen LogP contribution in [0.4, 0.5) is 5.69 Å². The normalized spacial score (nSPS) is 21.9. The van der Waals surface area contributed by atoms with Crippen molar-refractivity contribution in [3.63, 3.8) is 0 Å². The second-order valence-electron chi connectivity index (χ2n) is 8.19. The second kappa shape index (κ2) is 8.58. The van der Waals surface area contributed by atoms with E-state index in [1.807, 2.05) is 0 Å². The summed E-state index contributed by atoms with van der Waals surface area (Å²) in [6.45, 7) is 2.43. The van der Waals surface area contributed by atoms with Gasteiger partial charge in [0.05, 0.1) is 19.3 Å². The van der Waals surface area contributed by atoms with E-state index in [2.05, 4.69) is 16.7 Å². The summed E-state index contributed by atoms with van der Waals surface area (Å²) < 4.78 is 10.7. The summed E-state index contributed by atoms with van der Waals surface area (Å²) in [7, 11) is 0. The van der Waals surface area contributed by atoms with E-state index in [1.165, 1.54) is 35.1 Å². The number of benzene rings is 1. The highest BCUT2D eigenvalue weighted by Gasteiger charge is 2.47. The number of hydrogen-bond acceptors (Lipinski definition) is 5. The number of ether oxygens (including phenoxy) is 2. The van der Waals surface area contributed by atoms with Crippen LogP contribution in [-0.4, -0.2) is 47.7 Å². The fourth-order valence-electron chi connectivity index (χ4n) is 4.87. The lowest BCUT2D eigenvalue weighted by Crippen LogP contribution is -2.58. The first-order chi connectivity index (χ1) is 14.0. The van der Waals surface area contributed by atoms with Crippen molar-refractivity contribution in [2.75, 3.05) is 25.1 Å². The number of carbonyl (C=O) groups excluding carboxylic acids is 1. The van der Waals surface area contributed by atoms with Gasteiger partial charge in [-0.25, -0.2) is 4.79 Å². The summed E-state index contributed by atoms with van der Waals surface area (Å²) in [5, 5.41) is 18.0. The fourth-order valence-corrected chi connectivity index (χ4v) is 5.04. The van der Waals surface area contributed by atoms with E-state index in [-0.39, 0.29) is 13.2 Å². The number of anilines is 1. The Labute approximate surface area is 177 Å². The van der Waals surface area contributed by atoms with Crippen molar-refractivity contribution >= 4 is 29.0 Å². The molecule has 0 spiro atoms. The maximum Gasteiger partial charge on any atom is 0.342 e. The van der Waals surface area contributed by atoms with Crippen molar-refractivity contribution in [2.45, 2.75) is 70.0 Å². The van der Waals surface area contributed by atoms with E-state index in [1.54, 1.807) is 6.92 Å². The molecular formula is C22H30N2O4S. The Kier molecular flexibility index (Phi) is 6.08. The van der Waals surface area contributed by atoms with E-state index >= 15 is 0 Å². The van der Waals surface area contributed by atoms with Crippen LogP contribution in [0, 0.1) is 0 Å². The molecule has 1 aromatic carbocycles. The molecule has 1 aromatic rings. The predicted octanol–water partition coefficient (Wildman–Crippen LogP) is 2.42. The molecule has 0 saturated carbocycles. The van der Waals surface area contributed by atoms with Crippen LogP contribution in [0.1, 0.15) is 54.9 Å². The summed E-state index contributed by atoms with van der Waals surface area (Å²) in [4.78, 5) is 12.5. The van der Waals surface area contributed by atoms with Gasteiger partial charge in [0, 0.05) is 12.3 Å². The van der Waals surface area contributed by atoms with Crippen LogP contribution < -0.4 is 10.6 Å². The Morgan fingerprint density at radius 3 is 2.52 bits per heavy atom. The average molecular weight is 419 g/mol. The van der Waals surface area contributed by atoms with Crippen LogP contribution in [0.15, 0.2) is 6.07 Å². The first-order valence-corrected chi connectivity index (χ1v) is 11.2. The van der Waals surface area contributed by atoms with E-state index < -0.39 is 17.7 Å². The van der Waals surface area contributed by atoms with Crippen LogP contribution in [-0.2, 0) is 40.0 Å². The number of aliphatic hydroxyl groups is 1. The second-order valence-corrected chi connectivity index (χ2v) is 8.60. The van der Waals surface area contributed by atoms with E-state index in [9.17, 15) is 9.90 Å². The highest BCUT2D eigenvalue weighted by molar-refractivity contribution is 7.80. The van der Waals surface area contributed by atoms with Gasteiger partial charge in [-0.2, -0.15) is 0 Å². The molecule has 2 atom stereocenters. The Morgan fingerprint density at radius 1 is 1.24 bits per heavy atom. The SMILES string of the molecule is CCOC(=O)C(O)(CNC(=S)Nc1c2c(cc3c1CCC3)CCC2)C1CCCO1. The molecule has 4 rings (SSSR count). The number of aryl methyl sites for hydroxylation is 2. The molecule has 1 saturated heterocycles. The lowest BCUT2D eigenvalue weighted by Gasteiger charge is -2.31. The molecule has 3 aliphatic rings. The van der Waals surface area contributed by atoms with Gasteiger partial charge in [0.25, 0.3) is 0 Å². The third-order valence-corrected chi connectivity index (χ3v) is 6.57. The van der Waals surface area contributed by atoms with Crippen LogP contribution in [0.5, 0.6) is 0 Å². The lowest BCUT2D eigenvalue weighted by molar-refractivity contribution is -0.177. The minimum atomic E-state index is -1.75. The number of thiocarbonyl (C=S) groups is 1.